The number of halogens is 1. The molecule has 3 aromatic heterocycles. The first-order valence-corrected chi connectivity index (χ1v) is 10.2. The highest BCUT2D eigenvalue weighted by Crippen LogP contribution is 2.31. The lowest BCUT2D eigenvalue weighted by molar-refractivity contribution is 0.850. The average molecular weight is 444 g/mol. The Hall–Kier alpha value is -3.18. The fraction of sp³-hybridized carbons (Fsp3) is 0.222. The SMILES string of the molecule is C[C@H](Sc1nc2c(cnn2-c2cccc(Cl)c2)c(=O)[nH]1)c1nc(N)nc(N(C)C)n1. The highest BCUT2D eigenvalue weighted by molar-refractivity contribution is 7.99. The van der Waals surface area contributed by atoms with Crippen LogP contribution in [0, 0.1) is 0 Å². The van der Waals surface area contributed by atoms with Crippen LogP contribution in [-0.4, -0.2) is 48.8 Å². The number of benzene rings is 1. The second-order valence-electron chi connectivity index (χ2n) is 6.65. The fourth-order valence-electron chi connectivity index (χ4n) is 2.75. The van der Waals surface area contributed by atoms with Crippen molar-refractivity contribution in [2.75, 3.05) is 24.7 Å². The number of hydrogen-bond donors (Lipinski definition) is 2. The van der Waals surface area contributed by atoms with Crippen molar-refractivity contribution >= 4 is 46.3 Å². The van der Waals surface area contributed by atoms with E-state index in [0.717, 1.165) is 0 Å². The first kappa shape index (κ1) is 20.1. The molecular formula is C18H18ClN9OS. The van der Waals surface area contributed by atoms with Gasteiger partial charge in [-0.25, -0.2) is 9.67 Å². The van der Waals surface area contributed by atoms with E-state index >= 15 is 0 Å². The van der Waals surface area contributed by atoms with Crippen LogP contribution in [0.1, 0.15) is 18.0 Å². The monoisotopic (exact) mass is 443 g/mol. The number of thioether (sulfide) groups is 1. The van der Waals surface area contributed by atoms with Crippen LogP contribution in [0.4, 0.5) is 11.9 Å². The number of nitrogens with zero attached hydrogens (tertiary/aromatic N) is 7. The first-order chi connectivity index (χ1) is 14.3. The zero-order valence-corrected chi connectivity index (χ0v) is 17.9. The summed E-state index contributed by atoms with van der Waals surface area (Å²) in [4.78, 5) is 34.4. The lowest BCUT2D eigenvalue weighted by Gasteiger charge is -2.14. The van der Waals surface area contributed by atoms with Crippen molar-refractivity contribution in [3.8, 4) is 5.69 Å². The molecule has 4 aromatic rings. The van der Waals surface area contributed by atoms with Gasteiger partial charge in [0.2, 0.25) is 11.9 Å². The number of nitrogen functional groups attached to an aromatic ring is 1. The molecule has 0 amide bonds. The Balaban J connectivity index is 1.72. The Bertz CT molecular complexity index is 1290. The minimum atomic E-state index is -0.285. The van der Waals surface area contributed by atoms with Crippen molar-refractivity contribution in [2.24, 2.45) is 0 Å². The van der Waals surface area contributed by atoms with E-state index in [1.807, 2.05) is 33.2 Å². The molecule has 0 unspecified atom stereocenters. The van der Waals surface area contributed by atoms with Crippen molar-refractivity contribution in [1.29, 1.82) is 0 Å². The van der Waals surface area contributed by atoms with Gasteiger partial charge in [-0.05, 0) is 25.1 Å². The number of nitrogens with two attached hydrogens (primary N) is 1. The van der Waals surface area contributed by atoms with Crippen molar-refractivity contribution in [2.45, 2.75) is 17.3 Å². The van der Waals surface area contributed by atoms with Crippen LogP contribution in [0.5, 0.6) is 0 Å². The van der Waals surface area contributed by atoms with Gasteiger partial charge >= 0.3 is 0 Å². The van der Waals surface area contributed by atoms with E-state index in [4.69, 9.17) is 17.3 Å². The normalized spacial score (nSPS) is 12.3. The molecule has 0 saturated heterocycles. The molecule has 12 heteroatoms. The van der Waals surface area contributed by atoms with E-state index in [2.05, 4.69) is 30.0 Å². The van der Waals surface area contributed by atoms with Gasteiger partial charge in [0, 0.05) is 19.1 Å². The quantitative estimate of drug-likeness (QED) is 0.352. The highest BCUT2D eigenvalue weighted by atomic mass is 35.5. The fourth-order valence-corrected chi connectivity index (χ4v) is 3.77. The van der Waals surface area contributed by atoms with Crippen LogP contribution >= 0.6 is 23.4 Å². The molecule has 1 aromatic carbocycles. The number of aromatic nitrogens is 7. The zero-order valence-electron chi connectivity index (χ0n) is 16.4. The molecule has 0 fully saturated rings. The number of aromatic amines is 1. The topological polar surface area (TPSA) is 132 Å². The van der Waals surface area contributed by atoms with Gasteiger partial charge in [0.05, 0.1) is 17.1 Å². The van der Waals surface area contributed by atoms with Gasteiger partial charge < -0.3 is 15.6 Å². The largest absolute Gasteiger partial charge is 0.368 e. The first-order valence-electron chi connectivity index (χ1n) is 8.91. The van der Waals surface area contributed by atoms with Crippen molar-refractivity contribution in [1.82, 2.24) is 34.7 Å². The molecule has 0 radical (unpaired) electrons. The molecule has 0 saturated carbocycles. The summed E-state index contributed by atoms with van der Waals surface area (Å²) >= 11 is 7.40. The zero-order chi connectivity index (χ0) is 21.4. The molecule has 0 aliphatic heterocycles. The lowest BCUT2D eigenvalue weighted by Crippen LogP contribution is -2.17. The average Bonchev–Trinajstić information content (AvgIpc) is 3.12. The van der Waals surface area contributed by atoms with E-state index in [1.165, 1.54) is 18.0 Å². The summed E-state index contributed by atoms with van der Waals surface area (Å²) in [5.41, 5.74) is 6.67. The van der Waals surface area contributed by atoms with Gasteiger partial charge in [0.15, 0.2) is 10.8 Å². The molecule has 4 rings (SSSR count). The van der Waals surface area contributed by atoms with Crippen LogP contribution in [0.2, 0.25) is 5.02 Å². The van der Waals surface area contributed by atoms with E-state index in [-0.39, 0.29) is 16.8 Å². The van der Waals surface area contributed by atoms with Crippen LogP contribution in [0.15, 0.2) is 40.4 Å². The molecule has 1 atom stereocenters. The molecule has 3 N–H and O–H groups in total. The van der Waals surface area contributed by atoms with Gasteiger partial charge in [-0.2, -0.15) is 20.1 Å². The Morgan fingerprint density at radius 1 is 1.23 bits per heavy atom. The van der Waals surface area contributed by atoms with E-state index in [9.17, 15) is 4.79 Å². The van der Waals surface area contributed by atoms with Crippen molar-refractivity contribution < 1.29 is 0 Å². The number of fused-ring (bicyclic) bond motifs is 1. The summed E-state index contributed by atoms with van der Waals surface area (Å²) in [6.45, 7) is 1.90. The number of nitrogens with one attached hydrogen (secondary N) is 1. The van der Waals surface area contributed by atoms with Gasteiger partial charge in [-0.3, -0.25) is 4.79 Å². The molecule has 0 aliphatic rings. The van der Waals surface area contributed by atoms with Crippen LogP contribution in [-0.2, 0) is 0 Å². The van der Waals surface area contributed by atoms with Gasteiger partial charge in [0.25, 0.3) is 5.56 Å². The van der Waals surface area contributed by atoms with Gasteiger partial charge in [-0.1, -0.05) is 29.4 Å². The smallest absolute Gasteiger partial charge is 0.262 e. The molecule has 30 heavy (non-hydrogen) atoms. The predicted octanol–water partition coefficient (Wildman–Crippen LogP) is 2.45. The Labute approximate surface area is 180 Å². The molecular weight excluding hydrogens is 426 g/mol. The third-order valence-corrected chi connectivity index (χ3v) is 5.40. The maximum atomic E-state index is 12.6. The third kappa shape index (κ3) is 3.94. The maximum Gasteiger partial charge on any atom is 0.262 e. The molecule has 0 spiro atoms. The van der Waals surface area contributed by atoms with Crippen molar-refractivity contribution in [3.05, 3.63) is 51.7 Å². The second-order valence-corrected chi connectivity index (χ2v) is 8.42. The summed E-state index contributed by atoms with van der Waals surface area (Å²) in [5.74, 6) is 1.08. The van der Waals surface area contributed by atoms with Gasteiger partial charge in [-0.15, -0.1) is 0 Å². The highest BCUT2D eigenvalue weighted by Gasteiger charge is 2.18. The summed E-state index contributed by atoms with van der Waals surface area (Å²) in [5, 5.41) is 5.42. The second kappa shape index (κ2) is 7.92. The van der Waals surface area contributed by atoms with Crippen molar-refractivity contribution in [3.63, 3.8) is 0 Å². The number of rotatable bonds is 5. The number of anilines is 2. The summed E-state index contributed by atoms with van der Waals surface area (Å²) < 4.78 is 1.58. The maximum absolute atomic E-state index is 12.6. The Morgan fingerprint density at radius 2 is 2.03 bits per heavy atom. The third-order valence-electron chi connectivity index (χ3n) is 4.18. The van der Waals surface area contributed by atoms with Crippen LogP contribution in [0.25, 0.3) is 16.7 Å². The van der Waals surface area contributed by atoms with Gasteiger partial charge in [0.1, 0.15) is 11.2 Å². The standard InChI is InChI=1S/C18H18ClN9OS/c1-9(13-22-16(20)26-17(23-13)27(2)3)30-18-24-14-12(15(29)25-18)8-21-28(14)11-6-4-5-10(19)7-11/h4-9H,1-3H3,(H,24,25,29)(H2,20,22,23,26)/t9-/m0/s1. The number of H-pyrrole nitrogens is 1. The molecule has 0 aliphatic carbocycles. The van der Waals surface area contributed by atoms with Crippen LogP contribution < -0.4 is 16.2 Å². The lowest BCUT2D eigenvalue weighted by atomic mass is 10.3. The molecule has 154 valence electrons. The molecule has 10 nitrogen and oxygen atoms in total. The number of hydrogen-bond acceptors (Lipinski definition) is 9. The minimum Gasteiger partial charge on any atom is -0.368 e. The van der Waals surface area contributed by atoms with E-state index < -0.39 is 0 Å². The van der Waals surface area contributed by atoms with E-state index in [0.29, 0.717) is 38.7 Å². The summed E-state index contributed by atoms with van der Waals surface area (Å²) in [6.07, 6.45) is 1.48. The Morgan fingerprint density at radius 3 is 2.77 bits per heavy atom. The summed E-state index contributed by atoms with van der Waals surface area (Å²) in [6, 6.07) is 7.17. The van der Waals surface area contributed by atoms with E-state index in [1.54, 1.807) is 21.7 Å². The van der Waals surface area contributed by atoms with Crippen LogP contribution in [0.3, 0.4) is 0 Å². The minimum absolute atomic E-state index is 0.132. The molecule has 3 heterocycles. The Kier molecular flexibility index (Phi) is 5.31. The predicted molar refractivity (Wildman–Crippen MR) is 117 cm³/mol. The molecule has 0 bridgehead atoms. The summed E-state index contributed by atoms with van der Waals surface area (Å²) in [7, 11) is 3.64.